The number of nitrogens with zero attached hydrogens (tertiary/aromatic N) is 2. The van der Waals surface area contributed by atoms with Gasteiger partial charge in [-0.15, -0.1) is 0 Å². The first-order valence-corrected chi connectivity index (χ1v) is 10.5. The van der Waals surface area contributed by atoms with Crippen molar-refractivity contribution in [2.75, 3.05) is 39.9 Å². The molecule has 4 atom stereocenters. The van der Waals surface area contributed by atoms with Crippen molar-refractivity contribution in [1.29, 1.82) is 0 Å². The SMILES string of the molecule is CO[C@@H]1C[C@H]2CN(C(=O)CN3CCOc4ccccc4C3)C[C@H]2C[C@H]1NC(C)=O. The third-order valence-corrected chi connectivity index (χ3v) is 6.55. The molecular formula is C22H31N3O4. The zero-order valence-corrected chi connectivity index (χ0v) is 17.3. The molecule has 2 fully saturated rings. The van der Waals surface area contributed by atoms with Crippen LogP contribution in [0.15, 0.2) is 24.3 Å². The molecule has 0 bridgehead atoms. The molecule has 4 rings (SSSR count). The smallest absolute Gasteiger partial charge is 0.236 e. The third kappa shape index (κ3) is 4.56. The lowest BCUT2D eigenvalue weighted by Gasteiger charge is -2.37. The highest BCUT2D eigenvalue weighted by molar-refractivity contribution is 5.78. The first-order chi connectivity index (χ1) is 14.0. The highest BCUT2D eigenvalue weighted by Gasteiger charge is 2.44. The second kappa shape index (κ2) is 8.71. The Morgan fingerprint density at radius 1 is 1.21 bits per heavy atom. The molecule has 0 spiro atoms. The second-order valence-corrected chi connectivity index (χ2v) is 8.54. The van der Waals surface area contributed by atoms with Crippen molar-refractivity contribution >= 4 is 11.8 Å². The molecule has 1 aromatic carbocycles. The van der Waals surface area contributed by atoms with Crippen molar-refractivity contribution in [3.05, 3.63) is 29.8 Å². The Hall–Kier alpha value is -2.12. The van der Waals surface area contributed by atoms with Gasteiger partial charge in [0.1, 0.15) is 12.4 Å². The van der Waals surface area contributed by atoms with Crippen LogP contribution in [0.1, 0.15) is 25.3 Å². The number of ether oxygens (including phenoxy) is 2. The van der Waals surface area contributed by atoms with Gasteiger partial charge in [-0.3, -0.25) is 14.5 Å². The predicted octanol–water partition coefficient (Wildman–Crippen LogP) is 1.27. The van der Waals surface area contributed by atoms with Crippen molar-refractivity contribution in [2.24, 2.45) is 11.8 Å². The molecule has 0 unspecified atom stereocenters. The minimum Gasteiger partial charge on any atom is -0.492 e. The molecule has 3 aliphatic rings. The van der Waals surface area contributed by atoms with Crippen LogP contribution in [0.3, 0.4) is 0 Å². The van der Waals surface area contributed by atoms with E-state index in [0.717, 1.165) is 50.3 Å². The number of carbonyl (C=O) groups is 2. The number of likely N-dealkylation sites (tertiary alicyclic amines) is 1. The Kier molecular flexibility index (Phi) is 6.06. The maximum absolute atomic E-state index is 13.0. The summed E-state index contributed by atoms with van der Waals surface area (Å²) in [4.78, 5) is 28.7. The molecular weight excluding hydrogens is 370 g/mol. The summed E-state index contributed by atoms with van der Waals surface area (Å²) in [5, 5.41) is 3.03. The van der Waals surface area contributed by atoms with Crippen molar-refractivity contribution in [3.8, 4) is 5.75 Å². The van der Waals surface area contributed by atoms with E-state index >= 15 is 0 Å². The number of methoxy groups -OCH3 is 1. The summed E-state index contributed by atoms with van der Waals surface area (Å²) in [6.45, 7) is 5.61. The summed E-state index contributed by atoms with van der Waals surface area (Å²) >= 11 is 0. The lowest BCUT2D eigenvalue weighted by atomic mass is 9.77. The van der Waals surface area contributed by atoms with Gasteiger partial charge in [0.05, 0.1) is 18.7 Å². The van der Waals surface area contributed by atoms with E-state index in [4.69, 9.17) is 9.47 Å². The van der Waals surface area contributed by atoms with Gasteiger partial charge in [0.25, 0.3) is 0 Å². The van der Waals surface area contributed by atoms with Gasteiger partial charge in [-0.1, -0.05) is 18.2 Å². The van der Waals surface area contributed by atoms with E-state index in [1.165, 1.54) is 0 Å². The topological polar surface area (TPSA) is 71.1 Å². The standard InChI is InChI=1S/C22H31N3O4/c1-15(26)23-19-9-17-12-25(13-18(17)10-21(19)28-2)22(27)14-24-7-8-29-20-6-4-3-5-16(20)11-24/h3-6,17-19,21H,7-14H2,1-2H3,(H,23,26)/t17-,18+,19-,21-/m1/s1. The molecule has 0 aromatic heterocycles. The van der Waals surface area contributed by atoms with Crippen LogP contribution < -0.4 is 10.1 Å². The molecule has 1 aromatic rings. The molecule has 0 radical (unpaired) electrons. The number of rotatable bonds is 4. The molecule has 29 heavy (non-hydrogen) atoms. The van der Waals surface area contributed by atoms with Crippen LogP contribution in [0.25, 0.3) is 0 Å². The Morgan fingerprint density at radius 3 is 2.72 bits per heavy atom. The Labute approximate surface area is 172 Å². The van der Waals surface area contributed by atoms with Gasteiger partial charge >= 0.3 is 0 Å². The molecule has 7 nitrogen and oxygen atoms in total. The van der Waals surface area contributed by atoms with Gasteiger partial charge in [0.2, 0.25) is 11.8 Å². The maximum atomic E-state index is 13.0. The van der Waals surface area contributed by atoms with E-state index in [1.54, 1.807) is 14.0 Å². The average Bonchev–Trinajstić information content (AvgIpc) is 2.99. The normalized spacial score (nSPS) is 29.4. The summed E-state index contributed by atoms with van der Waals surface area (Å²) in [6.07, 6.45) is 1.78. The fraction of sp³-hybridized carbons (Fsp3) is 0.636. The van der Waals surface area contributed by atoms with Crippen LogP contribution in [0, 0.1) is 11.8 Å². The Bertz CT molecular complexity index is 755. The number of nitrogens with one attached hydrogen (secondary N) is 1. The van der Waals surface area contributed by atoms with E-state index in [-0.39, 0.29) is 24.0 Å². The first kappa shape index (κ1) is 20.2. The van der Waals surface area contributed by atoms with Gasteiger partial charge < -0.3 is 19.7 Å². The summed E-state index contributed by atoms with van der Waals surface area (Å²) in [7, 11) is 1.71. The Balaban J connectivity index is 1.35. The van der Waals surface area contributed by atoms with Crippen LogP contribution in [-0.2, 0) is 20.9 Å². The Morgan fingerprint density at radius 2 is 1.97 bits per heavy atom. The fourth-order valence-corrected chi connectivity index (χ4v) is 5.10. The van der Waals surface area contributed by atoms with Gasteiger partial charge in [-0.25, -0.2) is 0 Å². The van der Waals surface area contributed by atoms with Crippen molar-refractivity contribution in [2.45, 2.75) is 38.5 Å². The number of hydrogen-bond donors (Lipinski definition) is 1. The van der Waals surface area contributed by atoms with Gasteiger partial charge in [0.15, 0.2) is 0 Å². The molecule has 1 aliphatic carbocycles. The number of benzene rings is 1. The van der Waals surface area contributed by atoms with E-state index in [0.29, 0.717) is 25.0 Å². The summed E-state index contributed by atoms with van der Waals surface area (Å²) < 4.78 is 11.5. The van der Waals surface area contributed by atoms with Crippen LogP contribution in [0.2, 0.25) is 0 Å². The van der Waals surface area contributed by atoms with E-state index < -0.39 is 0 Å². The highest BCUT2D eigenvalue weighted by atomic mass is 16.5. The van der Waals surface area contributed by atoms with Gasteiger partial charge in [-0.05, 0) is 30.7 Å². The zero-order valence-electron chi connectivity index (χ0n) is 17.3. The van der Waals surface area contributed by atoms with Crippen molar-refractivity contribution < 1.29 is 19.1 Å². The summed E-state index contributed by atoms with van der Waals surface area (Å²) in [5.74, 6) is 1.95. The fourth-order valence-electron chi connectivity index (χ4n) is 5.10. The van der Waals surface area contributed by atoms with Crippen LogP contribution in [0.4, 0.5) is 0 Å². The molecule has 1 saturated heterocycles. The molecule has 1 saturated carbocycles. The minimum absolute atomic E-state index is 0.0226. The zero-order chi connectivity index (χ0) is 20.4. The number of amides is 2. The lowest BCUT2D eigenvalue weighted by molar-refractivity contribution is -0.131. The molecule has 2 heterocycles. The van der Waals surface area contributed by atoms with Gasteiger partial charge in [-0.2, -0.15) is 0 Å². The van der Waals surface area contributed by atoms with Crippen LogP contribution >= 0.6 is 0 Å². The van der Waals surface area contributed by atoms with Crippen molar-refractivity contribution in [1.82, 2.24) is 15.1 Å². The largest absolute Gasteiger partial charge is 0.492 e. The quantitative estimate of drug-likeness (QED) is 0.823. The first-order valence-electron chi connectivity index (χ1n) is 10.5. The second-order valence-electron chi connectivity index (χ2n) is 8.54. The van der Waals surface area contributed by atoms with Crippen LogP contribution in [0.5, 0.6) is 5.75 Å². The minimum atomic E-state index is -0.0231. The van der Waals surface area contributed by atoms with E-state index in [2.05, 4.69) is 16.3 Å². The number of carbonyl (C=O) groups excluding carboxylic acids is 2. The summed E-state index contributed by atoms with van der Waals surface area (Å²) in [5.41, 5.74) is 1.13. The number of fused-ring (bicyclic) bond motifs is 2. The maximum Gasteiger partial charge on any atom is 0.236 e. The monoisotopic (exact) mass is 401 g/mol. The van der Waals surface area contributed by atoms with Crippen LogP contribution in [-0.4, -0.2) is 73.7 Å². The molecule has 1 N–H and O–H groups in total. The molecule has 2 aliphatic heterocycles. The molecule has 158 valence electrons. The van der Waals surface area contributed by atoms with E-state index in [1.807, 2.05) is 23.1 Å². The van der Waals surface area contributed by atoms with Gasteiger partial charge in [0, 0.05) is 45.8 Å². The number of hydrogen-bond acceptors (Lipinski definition) is 5. The van der Waals surface area contributed by atoms with E-state index in [9.17, 15) is 9.59 Å². The average molecular weight is 402 g/mol. The number of para-hydroxylation sites is 1. The highest BCUT2D eigenvalue weighted by Crippen LogP contribution is 2.37. The predicted molar refractivity (Wildman–Crippen MR) is 108 cm³/mol. The molecule has 2 amide bonds. The molecule has 7 heteroatoms. The van der Waals surface area contributed by atoms with Crippen molar-refractivity contribution in [3.63, 3.8) is 0 Å². The summed E-state index contributed by atoms with van der Waals surface area (Å²) in [6, 6.07) is 8.08. The lowest BCUT2D eigenvalue weighted by Crippen LogP contribution is -2.49. The third-order valence-electron chi connectivity index (χ3n) is 6.55.